The van der Waals surface area contributed by atoms with Crippen molar-refractivity contribution in [1.82, 2.24) is 10.3 Å². The molecule has 1 aromatic heterocycles. The number of amides is 2. The van der Waals surface area contributed by atoms with Crippen LogP contribution in [0.25, 0.3) is 0 Å². The molecule has 2 atom stereocenters. The highest BCUT2D eigenvalue weighted by Crippen LogP contribution is 2.12. The molecule has 6 nitrogen and oxygen atoms in total. The molecule has 1 aromatic carbocycles. The maximum atomic E-state index is 12.5. The summed E-state index contributed by atoms with van der Waals surface area (Å²) in [7, 11) is 0. The third-order valence-corrected chi connectivity index (χ3v) is 3.91. The van der Waals surface area contributed by atoms with Gasteiger partial charge in [0.05, 0.1) is 11.9 Å². The molecule has 2 aromatic rings. The molecule has 25 heavy (non-hydrogen) atoms. The van der Waals surface area contributed by atoms with Crippen molar-refractivity contribution in [2.75, 3.05) is 5.32 Å². The molecule has 0 aliphatic carbocycles. The molecule has 2 amide bonds. The third kappa shape index (κ3) is 5.91. The van der Waals surface area contributed by atoms with E-state index in [2.05, 4.69) is 15.6 Å². The molecule has 0 radical (unpaired) electrons. The van der Waals surface area contributed by atoms with Gasteiger partial charge in [0, 0.05) is 6.20 Å². The molecule has 2 N–H and O–H groups in total. The summed E-state index contributed by atoms with van der Waals surface area (Å²) in [5.41, 5.74) is 1.47. The number of carbonyl (C=O) groups excluding carboxylic acids is 2. The van der Waals surface area contributed by atoms with Gasteiger partial charge in [0.15, 0.2) is 0 Å². The SMILES string of the molecule is CCC(C)C(NC(=O)OCc1ccccc1)C(=O)Nc1cccnc1. The van der Waals surface area contributed by atoms with Crippen molar-refractivity contribution in [1.29, 1.82) is 0 Å². The van der Waals surface area contributed by atoms with Crippen LogP contribution >= 0.6 is 0 Å². The van der Waals surface area contributed by atoms with E-state index in [9.17, 15) is 9.59 Å². The van der Waals surface area contributed by atoms with Crippen LogP contribution in [0.15, 0.2) is 54.9 Å². The Hall–Kier alpha value is -2.89. The Morgan fingerprint density at radius 2 is 1.92 bits per heavy atom. The summed E-state index contributed by atoms with van der Waals surface area (Å²) >= 11 is 0. The van der Waals surface area contributed by atoms with Gasteiger partial charge in [-0.25, -0.2) is 4.79 Å². The Morgan fingerprint density at radius 1 is 1.16 bits per heavy atom. The van der Waals surface area contributed by atoms with E-state index in [0.717, 1.165) is 12.0 Å². The molecular formula is C19H23N3O3. The van der Waals surface area contributed by atoms with E-state index in [1.807, 2.05) is 44.2 Å². The quantitative estimate of drug-likeness (QED) is 0.809. The maximum Gasteiger partial charge on any atom is 0.408 e. The van der Waals surface area contributed by atoms with Gasteiger partial charge < -0.3 is 15.4 Å². The van der Waals surface area contributed by atoms with Gasteiger partial charge in [-0.05, 0) is 23.6 Å². The van der Waals surface area contributed by atoms with Crippen molar-refractivity contribution >= 4 is 17.7 Å². The lowest BCUT2D eigenvalue weighted by Gasteiger charge is -2.23. The lowest BCUT2D eigenvalue weighted by Crippen LogP contribution is -2.47. The van der Waals surface area contributed by atoms with Crippen molar-refractivity contribution in [3.05, 3.63) is 60.4 Å². The summed E-state index contributed by atoms with van der Waals surface area (Å²) in [6, 6.07) is 12.2. The highest BCUT2D eigenvalue weighted by Gasteiger charge is 2.26. The largest absolute Gasteiger partial charge is 0.445 e. The van der Waals surface area contributed by atoms with Gasteiger partial charge in [0.25, 0.3) is 0 Å². The summed E-state index contributed by atoms with van der Waals surface area (Å²) in [6.07, 6.45) is 3.31. The normalized spacial score (nSPS) is 12.7. The molecule has 132 valence electrons. The van der Waals surface area contributed by atoms with E-state index in [1.165, 1.54) is 0 Å². The first-order valence-electron chi connectivity index (χ1n) is 8.28. The Morgan fingerprint density at radius 3 is 2.56 bits per heavy atom. The van der Waals surface area contributed by atoms with Crippen LogP contribution in [0.3, 0.4) is 0 Å². The lowest BCUT2D eigenvalue weighted by atomic mass is 9.98. The standard InChI is InChI=1S/C19H23N3O3/c1-3-14(2)17(18(23)21-16-10-7-11-20-12-16)22-19(24)25-13-15-8-5-4-6-9-15/h4-12,14,17H,3,13H2,1-2H3,(H,21,23)(H,22,24). The van der Waals surface area contributed by atoms with Gasteiger partial charge in [-0.3, -0.25) is 9.78 Å². The molecule has 0 saturated carbocycles. The number of carbonyl (C=O) groups is 2. The monoisotopic (exact) mass is 341 g/mol. The average Bonchev–Trinajstić information content (AvgIpc) is 2.65. The number of nitrogens with zero attached hydrogens (tertiary/aromatic N) is 1. The first-order valence-corrected chi connectivity index (χ1v) is 8.28. The fourth-order valence-corrected chi connectivity index (χ4v) is 2.25. The van der Waals surface area contributed by atoms with Crippen molar-refractivity contribution in [3.63, 3.8) is 0 Å². The topological polar surface area (TPSA) is 80.3 Å². The minimum atomic E-state index is -0.687. The molecule has 0 fully saturated rings. The molecule has 1 heterocycles. The van der Waals surface area contributed by atoms with Gasteiger partial charge >= 0.3 is 6.09 Å². The number of ether oxygens (including phenoxy) is 1. The summed E-state index contributed by atoms with van der Waals surface area (Å²) in [5, 5.41) is 5.43. The number of alkyl carbamates (subject to hydrolysis) is 1. The van der Waals surface area contributed by atoms with Crippen molar-refractivity contribution < 1.29 is 14.3 Å². The molecular weight excluding hydrogens is 318 g/mol. The van der Waals surface area contributed by atoms with Crippen LogP contribution in [-0.4, -0.2) is 23.0 Å². The first kappa shape index (κ1) is 18.4. The van der Waals surface area contributed by atoms with E-state index >= 15 is 0 Å². The number of rotatable bonds is 7. The van der Waals surface area contributed by atoms with Crippen molar-refractivity contribution in [2.45, 2.75) is 32.9 Å². The van der Waals surface area contributed by atoms with Crippen LogP contribution in [-0.2, 0) is 16.1 Å². The number of nitrogens with one attached hydrogen (secondary N) is 2. The van der Waals surface area contributed by atoms with Gasteiger partial charge in [0.1, 0.15) is 12.6 Å². The van der Waals surface area contributed by atoms with Crippen LogP contribution in [0.5, 0.6) is 0 Å². The lowest BCUT2D eigenvalue weighted by molar-refractivity contribution is -0.119. The van der Waals surface area contributed by atoms with Crippen molar-refractivity contribution in [3.8, 4) is 0 Å². The van der Waals surface area contributed by atoms with Gasteiger partial charge in [-0.2, -0.15) is 0 Å². The zero-order valence-corrected chi connectivity index (χ0v) is 14.4. The number of anilines is 1. The Bertz CT molecular complexity index is 677. The molecule has 0 aliphatic heterocycles. The van der Waals surface area contributed by atoms with E-state index in [4.69, 9.17) is 4.74 Å². The summed E-state index contributed by atoms with van der Waals surface area (Å²) in [5.74, 6) is -0.333. The Labute approximate surface area is 147 Å². The average molecular weight is 341 g/mol. The number of pyridine rings is 1. The fraction of sp³-hybridized carbons (Fsp3) is 0.316. The number of aromatic nitrogens is 1. The highest BCUT2D eigenvalue weighted by atomic mass is 16.5. The maximum absolute atomic E-state index is 12.5. The van der Waals surface area contributed by atoms with Crippen LogP contribution in [0.2, 0.25) is 0 Å². The number of benzene rings is 1. The van der Waals surface area contributed by atoms with E-state index < -0.39 is 12.1 Å². The minimum absolute atomic E-state index is 0.0408. The number of hydrogen-bond donors (Lipinski definition) is 2. The van der Waals surface area contributed by atoms with Crippen molar-refractivity contribution in [2.24, 2.45) is 5.92 Å². The van der Waals surface area contributed by atoms with Gasteiger partial charge in [-0.15, -0.1) is 0 Å². The summed E-state index contributed by atoms with van der Waals surface area (Å²) in [6.45, 7) is 4.03. The van der Waals surface area contributed by atoms with E-state index in [1.54, 1.807) is 24.5 Å². The Balaban J connectivity index is 1.94. The number of hydrogen-bond acceptors (Lipinski definition) is 4. The molecule has 0 spiro atoms. The van der Waals surface area contributed by atoms with Gasteiger partial charge in [-0.1, -0.05) is 50.6 Å². The molecule has 0 bridgehead atoms. The molecule has 0 aliphatic rings. The zero-order chi connectivity index (χ0) is 18.1. The third-order valence-electron chi connectivity index (χ3n) is 3.91. The Kier molecular flexibility index (Phi) is 6.95. The van der Waals surface area contributed by atoms with E-state index in [-0.39, 0.29) is 18.4 Å². The van der Waals surface area contributed by atoms with Crippen LogP contribution in [0.1, 0.15) is 25.8 Å². The van der Waals surface area contributed by atoms with E-state index in [0.29, 0.717) is 5.69 Å². The second kappa shape index (κ2) is 9.42. The molecule has 2 rings (SSSR count). The smallest absolute Gasteiger partial charge is 0.408 e. The molecule has 6 heteroatoms. The van der Waals surface area contributed by atoms with Crippen LogP contribution in [0, 0.1) is 5.92 Å². The van der Waals surface area contributed by atoms with Gasteiger partial charge in [0.2, 0.25) is 5.91 Å². The van der Waals surface area contributed by atoms with Crippen LogP contribution in [0.4, 0.5) is 10.5 Å². The zero-order valence-electron chi connectivity index (χ0n) is 14.4. The first-order chi connectivity index (χ1) is 12.1. The second-order valence-electron chi connectivity index (χ2n) is 5.80. The highest BCUT2D eigenvalue weighted by molar-refractivity contribution is 5.96. The minimum Gasteiger partial charge on any atom is -0.445 e. The molecule has 2 unspecified atom stereocenters. The predicted molar refractivity (Wildman–Crippen MR) is 95.9 cm³/mol. The second-order valence-corrected chi connectivity index (χ2v) is 5.80. The predicted octanol–water partition coefficient (Wildman–Crippen LogP) is 3.36. The fourth-order valence-electron chi connectivity index (χ4n) is 2.25. The molecule has 0 saturated heterocycles. The summed E-state index contributed by atoms with van der Waals surface area (Å²) in [4.78, 5) is 28.6. The van der Waals surface area contributed by atoms with Crippen LogP contribution < -0.4 is 10.6 Å². The summed E-state index contributed by atoms with van der Waals surface area (Å²) < 4.78 is 5.21.